The highest BCUT2D eigenvalue weighted by Gasteiger charge is 2.19. The Kier molecular flexibility index (Phi) is 7.45. The first-order valence-electron chi connectivity index (χ1n) is 12.6. The van der Waals surface area contributed by atoms with Crippen LogP contribution in [0.2, 0.25) is 0 Å². The van der Waals surface area contributed by atoms with Crippen molar-refractivity contribution in [3.63, 3.8) is 0 Å². The van der Waals surface area contributed by atoms with Gasteiger partial charge < -0.3 is 19.7 Å². The molecule has 0 aliphatic carbocycles. The molecule has 0 bridgehead atoms. The molecule has 2 aromatic carbocycles. The van der Waals surface area contributed by atoms with Crippen LogP contribution in [0.15, 0.2) is 54.7 Å². The third kappa shape index (κ3) is 5.74. The summed E-state index contributed by atoms with van der Waals surface area (Å²) >= 11 is 0. The molecule has 1 N–H and O–H groups in total. The molecule has 1 unspecified atom stereocenters. The van der Waals surface area contributed by atoms with Crippen LogP contribution in [-0.4, -0.2) is 68.3 Å². The smallest absolute Gasteiger partial charge is 0.255 e. The molecule has 2 aliphatic heterocycles. The van der Waals surface area contributed by atoms with E-state index in [1.807, 2.05) is 42.5 Å². The van der Waals surface area contributed by atoms with E-state index in [1.54, 1.807) is 12.3 Å². The number of carbonyl (C=O) groups is 1. The lowest BCUT2D eigenvalue weighted by Crippen LogP contribution is -2.38. The van der Waals surface area contributed by atoms with Crippen molar-refractivity contribution < 1.29 is 14.3 Å². The van der Waals surface area contributed by atoms with E-state index >= 15 is 0 Å². The molecule has 0 spiro atoms. The number of rotatable bonds is 7. The predicted octanol–water partition coefficient (Wildman–Crippen LogP) is 4.43. The molecule has 5 rings (SSSR count). The van der Waals surface area contributed by atoms with Crippen molar-refractivity contribution in [3.8, 4) is 5.75 Å². The summed E-state index contributed by atoms with van der Waals surface area (Å²) in [5.74, 6) is 2.21. The van der Waals surface area contributed by atoms with Crippen LogP contribution in [-0.2, 0) is 4.74 Å². The lowest BCUT2D eigenvalue weighted by molar-refractivity contribution is 0.0323. The molecule has 0 saturated carbocycles. The number of hydrogen-bond acceptors (Lipinski definition) is 6. The number of fused-ring (bicyclic) bond motifs is 1. The Bertz CT molecular complexity index is 1160. The van der Waals surface area contributed by atoms with E-state index in [2.05, 4.69) is 27.0 Å². The standard InChI is InChI=1S/C28H34N4O3/c1-21-5-4-12-32(20-21)27-19-22(10-11-29-27)28(33)30-25-8-9-26(24-7-3-2-6-23(24)25)35-18-15-31-13-16-34-17-14-31/h2-3,6-11,19,21H,4-5,12-18,20H2,1H3,(H,30,33). The topological polar surface area (TPSA) is 66.9 Å². The largest absolute Gasteiger partial charge is 0.492 e. The maximum absolute atomic E-state index is 13.2. The van der Waals surface area contributed by atoms with Crippen LogP contribution in [0.4, 0.5) is 11.5 Å². The van der Waals surface area contributed by atoms with Gasteiger partial charge in [-0.2, -0.15) is 0 Å². The summed E-state index contributed by atoms with van der Waals surface area (Å²) in [6, 6.07) is 15.6. The zero-order valence-electron chi connectivity index (χ0n) is 20.4. The average Bonchev–Trinajstić information content (AvgIpc) is 2.90. The third-order valence-electron chi connectivity index (χ3n) is 6.89. The van der Waals surface area contributed by atoms with Crippen LogP contribution in [0.5, 0.6) is 5.75 Å². The molecule has 184 valence electrons. The number of amides is 1. The number of nitrogens with one attached hydrogen (secondary N) is 1. The van der Waals surface area contributed by atoms with E-state index in [1.165, 1.54) is 6.42 Å². The highest BCUT2D eigenvalue weighted by molar-refractivity contribution is 6.10. The molecule has 1 atom stereocenters. The van der Waals surface area contributed by atoms with Gasteiger partial charge in [0.2, 0.25) is 0 Å². The van der Waals surface area contributed by atoms with Crippen LogP contribution in [0.3, 0.4) is 0 Å². The number of benzene rings is 2. The molecule has 1 amide bonds. The maximum Gasteiger partial charge on any atom is 0.255 e. The second kappa shape index (κ2) is 11.1. The minimum atomic E-state index is -0.134. The number of aromatic nitrogens is 1. The average molecular weight is 475 g/mol. The number of piperidine rings is 1. The van der Waals surface area contributed by atoms with Crippen molar-refractivity contribution in [1.82, 2.24) is 9.88 Å². The fraction of sp³-hybridized carbons (Fsp3) is 0.429. The summed E-state index contributed by atoms with van der Waals surface area (Å²) < 4.78 is 11.6. The van der Waals surface area contributed by atoms with E-state index in [0.717, 1.165) is 80.4 Å². The molecule has 35 heavy (non-hydrogen) atoms. The van der Waals surface area contributed by atoms with Crippen molar-refractivity contribution in [2.24, 2.45) is 5.92 Å². The Morgan fingerprint density at radius 2 is 1.94 bits per heavy atom. The summed E-state index contributed by atoms with van der Waals surface area (Å²) in [5.41, 5.74) is 1.39. The van der Waals surface area contributed by atoms with Gasteiger partial charge in [-0.25, -0.2) is 4.98 Å². The molecule has 0 radical (unpaired) electrons. The van der Waals surface area contributed by atoms with Gasteiger partial charge in [-0.05, 0) is 43.0 Å². The number of carbonyl (C=O) groups excluding carboxylic acids is 1. The second-order valence-corrected chi connectivity index (χ2v) is 9.51. The van der Waals surface area contributed by atoms with Gasteiger partial charge in [0.15, 0.2) is 0 Å². The number of pyridine rings is 1. The van der Waals surface area contributed by atoms with Crippen molar-refractivity contribution in [3.05, 3.63) is 60.3 Å². The first-order chi connectivity index (χ1) is 17.2. The van der Waals surface area contributed by atoms with Gasteiger partial charge in [-0.15, -0.1) is 0 Å². The van der Waals surface area contributed by atoms with Gasteiger partial charge in [-0.3, -0.25) is 9.69 Å². The van der Waals surface area contributed by atoms with Gasteiger partial charge in [0.05, 0.1) is 13.2 Å². The summed E-state index contributed by atoms with van der Waals surface area (Å²) in [4.78, 5) is 22.4. The monoisotopic (exact) mass is 474 g/mol. The highest BCUT2D eigenvalue weighted by Crippen LogP contribution is 2.32. The Morgan fingerprint density at radius 1 is 1.11 bits per heavy atom. The van der Waals surface area contributed by atoms with E-state index < -0.39 is 0 Å². The van der Waals surface area contributed by atoms with E-state index in [-0.39, 0.29) is 5.91 Å². The first kappa shape index (κ1) is 23.6. The van der Waals surface area contributed by atoms with Crippen molar-refractivity contribution in [1.29, 1.82) is 0 Å². The number of anilines is 2. The van der Waals surface area contributed by atoms with Gasteiger partial charge in [0.1, 0.15) is 18.2 Å². The summed E-state index contributed by atoms with van der Waals surface area (Å²) in [7, 11) is 0. The van der Waals surface area contributed by atoms with Crippen LogP contribution >= 0.6 is 0 Å². The van der Waals surface area contributed by atoms with Crippen LogP contribution < -0.4 is 15.0 Å². The molecule has 2 saturated heterocycles. The van der Waals surface area contributed by atoms with Crippen LogP contribution in [0.25, 0.3) is 10.8 Å². The molecule has 1 aromatic heterocycles. The van der Waals surface area contributed by atoms with Crippen molar-refractivity contribution in [2.45, 2.75) is 19.8 Å². The minimum absolute atomic E-state index is 0.134. The number of ether oxygens (including phenoxy) is 2. The lowest BCUT2D eigenvalue weighted by Gasteiger charge is -2.31. The van der Waals surface area contributed by atoms with Crippen LogP contribution in [0.1, 0.15) is 30.1 Å². The van der Waals surface area contributed by atoms with Gasteiger partial charge in [0.25, 0.3) is 5.91 Å². The molecule has 2 fully saturated rings. The zero-order valence-corrected chi connectivity index (χ0v) is 20.4. The zero-order chi connectivity index (χ0) is 24.0. The van der Waals surface area contributed by atoms with Gasteiger partial charge in [-0.1, -0.05) is 31.2 Å². The fourth-order valence-electron chi connectivity index (χ4n) is 4.94. The molecule has 3 heterocycles. The Balaban J connectivity index is 1.29. The molecule has 3 aromatic rings. The number of nitrogens with zero attached hydrogens (tertiary/aromatic N) is 3. The Hall–Kier alpha value is -3.16. The molecule has 7 heteroatoms. The number of hydrogen-bond donors (Lipinski definition) is 1. The molecule has 2 aliphatic rings. The minimum Gasteiger partial charge on any atom is -0.492 e. The highest BCUT2D eigenvalue weighted by atomic mass is 16.5. The predicted molar refractivity (Wildman–Crippen MR) is 140 cm³/mol. The fourth-order valence-corrected chi connectivity index (χ4v) is 4.94. The van der Waals surface area contributed by atoms with Gasteiger partial charge >= 0.3 is 0 Å². The number of morpholine rings is 1. The quantitative estimate of drug-likeness (QED) is 0.546. The molecular formula is C28H34N4O3. The normalized spacial score (nSPS) is 19.0. The van der Waals surface area contributed by atoms with E-state index in [4.69, 9.17) is 9.47 Å². The Labute approximate surface area is 207 Å². The second-order valence-electron chi connectivity index (χ2n) is 9.51. The molecule has 7 nitrogen and oxygen atoms in total. The van der Waals surface area contributed by atoms with Gasteiger partial charge in [0, 0.05) is 60.9 Å². The SMILES string of the molecule is CC1CCCN(c2cc(C(=O)Nc3ccc(OCCN4CCOCC4)c4ccccc34)ccn2)C1. The summed E-state index contributed by atoms with van der Waals surface area (Å²) in [6.07, 6.45) is 4.13. The van der Waals surface area contributed by atoms with Crippen molar-refractivity contribution in [2.75, 3.05) is 62.8 Å². The first-order valence-corrected chi connectivity index (χ1v) is 12.6. The lowest BCUT2D eigenvalue weighted by atomic mass is 10.0. The van der Waals surface area contributed by atoms with Crippen LogP contribution in [0, 0.1) is 5.92 Å². The van der Waals surface area contributed by atoms with E-state index in [0.29, 0.717) is 18.1 Å². The Morgan fingerprint density at radius 3 is 2.77 bits per heavy atom. The molecular weight excluding hydrogens is 440 g/mol. The van der Waals surface area contributed by atoms with E-state index in [9.17, 15) is 4.79 Å². The summed E-state index contributed by atoms with van der Waals surface area (Å²) in [5, 5.41) is 5.06. The van der Waals surface area contributed by atoms with Crippen molar-refractivity contribution >= 4 is 28.2 Å². The third-order valence-corrected chi connectivity index (χ3v) is 6.89. The summed E-state index contributed by atoms with van der Waals surface area (Å²) in [6.45, 7) is 9.19. The maximum atomic E-state index is 13.2.